The van der Waals surface area contributed by atoms with Gasteiger partial charge in [0.1, 0.15) is 6.54 Å². The number of aromatic nitrogens is 2. The van der Waals surface area contributed by atoms with Crippen molar-refractivity contribution in [1.82, 2.24) is 9.55 Å². The van der Waals surface area contributed by atoms with Gasteiger partial charge in [0.05, 0.1) is 11.0 Å². The summed E-state index contributed by atoms with van der Waals surface area (Å²) in [5, 5.41) is 3.03. The van der Waals surface area contributed by atoms with E-state index in [0.717, 1.165) is 22.4 Å². The molecule has 0 aliphatic carbocycles. The number of rotatable bonds is 4. The summed E-state index contributed by atoms with van der Waals surface area (Å²) >= 11 is 0. The van der Waals surface area contributed by atoms with Crippen molar-refractivity contribution in [2.75, 3.05) is 30.0 Å². The van der Waals surface area contributed by atoms with Gasteiger partial charge in [0.2, 0.25) is 11.9 Å². The fourth-order valence-corrected chi connectivity index (χ4v) is 2.90. The molecule has 0 spiro atoms. The monoisotopic (exact) mass is 387 g/mol. The Labute approximate surface area is 170 Å². The third kappa shape index (κ3) is 4.93. The maximum absolute atomic E-state index is 12.4. The Morgan fingerprint density at radius 1 is 0.966 bits per heavy atom. The summed E-state index contributed by atoms with van der Waals surface area (Å²) in [5.74, 6) is 0.307. The molecule has 29 heavy (non-hydrogen) atoms. The van der Waals surface area contributed by atoms with Crippen LogP contribution in [-0.2, 0) is 11.3 Å². The molecular weight excluding hydrogens is 362 g/mol. The Morgan fingerprint density at radius 2 is 1.55 bits per heavy atom. The summed E-state index contributed by atoms with van der Waals surface area (Å²) in [4.78, 5) is 18.3. The molecule has 6 heteroatoms. The molecule has 4 rings (SSSR count). The summed E-state index contributed by atoms with van der Waals surface area (Å²) in [6.45, 7) is 0.164. The number of nitrogens with one attached hydrogen (secondary N) is 1. The molecule has 1 aromatic heterocycles. The molecule has 1 heterocycles. The van der Waals surface area contributed by atoms with E-state index < -0.39 is 0 Å². The first-order valence-corrected chi connectivity index (χ1v) is 9.35. The number of imidazole rings is 1. The van der Waals surface area contributed by atoms with Crippen molar-refractivity contribution in [2.24, 2.45) is 0 Å². The van der Waals surface area contributed by atoms with Gasteiger partial charge in [0.15, 0.2) is 0 Å². The number of amides is 1. The van der Waals surface area contributed by atoms with Gasteiger partial charge < -0.3 is 20.5 Å². The number of carbonyl (C=O) groups excluding carboxylic acids is 1. The zero-order chi connectivity index (χ0) is 20.6. The summed E-state index contributed by atoms with van der Waals surface area (Å²) in [6.07, 6.45) is 0. The van der Waals surface area contributed by atoms with Crippen molar-refractivity contribution in [2.45, 2.75) is 6.54 Å². The van der Waals surface area contributed by atoms with Gasteiger partial charge in [-0.2, -0.15) is 0 Å². The van der Waals surface area contributed by atoms with E-state index in [4.69, 9.17) is 5.73 Å². The van der Waals surface area contributed by atoms with E-state index in [0.29, 0.717) is 5.95 Å². The fraction of sp³-hybridized carbons (Fsp3) is 0.130. The molecule has 0 aliphatic rings. The topological polar surface area (TPSA) is 76.2 Å². The van der Waals surface area contributed by atoms with Gasteiger partial charge in [-0.05, 0) is 36.4 Å². The lowest BCUT2D eigenvalue weighted by atomic mass is 10.3. The minimum absolute atomic E-state index is 0.0453. The number of hydrogen-bond acceptors (Lipinski definition) is 4. The van der Waals surface area contributed by atoms with Crippen LogP contribution in [0.25, 0.3) is 11.0 Å². The maximum atomic E-state index is 12.4. The number of nitrogen functional groups attached to an aromatic ring is 1. The van der Waals surface area contributed by atoms with E-state index in [9.17, 15) is 4.79 Å². The highest BCUT2D eigenvalue weighted by Crippen LogP contribution is 2.18. The summed E-state index contributed by atoms with van der Waals surface area (Å²) in [7, 11) is 3.67. The molecule has 3 N–H and O–H groups in total. The number of benzene rings is 3. The molecule has 3 aromatic carbocycles. The maximum Gasteiger partial charge on any atom is 0.246 e. The highest BCUT2D eigenvalue weighted by atomic mass is 16.2. The van der Waals surface area contributed by atoms with Crippen LogP contribution >= 0.6 is 0 Å². The molecule has 0 unspecified atom stereocenters. The van der Waals surface area contributed by atoms with E-state index in [1.807, 2.05) is 92.0 Å². The largest absolute Gasteiger partial charge is 0.388 e. The van der Waals surface area contributed by atoms with Crippen LogP contribution in [-0.4, -0.2) is 29.6 Å². The second kappa shape index (κ2) is 9.41. The Balaban J connectivity index is 0.000000252. The van der Waals surface area contributed by atoms with Crippen LogP contribution in [0.3, 0.4) is 0 Å². The van der Waals surface area contributed by atoms with Crippen molar-refractivity contribution in [1.29, 1.82) is 0 Å². The SMILES string of the molecule is CN(C(=O)Cn1c(N)nc2ccccc21)c1ccccc1.CNc1ccccc1. The summed E-state index contributed by atoms with van der Waals surface area (Å²) < 4.78 is 1.73. The highest BCUT2D eigenvalue weighted by Gasteiger charge is 2.15. The number of para-hydroxylation sites is 4. The van der Waals surface area contributed by atoms with Gasteiger partial charge in [0, 0.05) is 25.5 Å². The predicted octanol–water partition coefficient (Wildman–Crippen LogP) is 4.01. The molecule has 0 saturated heterocycles. The normalized spacial score (nSPS) is 10.1. The Kier molecular flexibility index (Phi) is 6.47. The lowest BCUT2D eigenvalue weighted by Crippen LogP contribution is -2.30. The van der Waals surface area contributed by atoms with E-state index >= 15 is 0 Å². The van der Waals surface area contributed by atoms with E-state index in [-0.39, 0.29) is 12.5 Å². The molecule has 0 bridgehead atoms. The molecular formula is C23H25N5O. The second-order valence-corrected chi connectivity index (χ2v) is 6.45. The minimum atomic E-state index is -0.0453. The van der Waals surface area contributed by atoms with Crippen LogP contribution in [0.5, 0.6) is 0 Å². The Morgan fingerprint density at radius 3 is 2.17 bits per heavy atom. The van der Waals surface area contributed by atoms with Crippen LogP contribution in [0.1, 0.15) is 0 Å². The van der Waals surface area contributed by atoms with Crippen molar-refractivity contribution < 1.29 is 4.79 Å². The van der Waals surface area contributed by atoms with Crippen LogP contribution < -0.4 is 16.0 Å². The van der Waals surface area contributed by atoms with Crippen LogP contribution in [0.2, 0.25) is 0 Å². The molecule has 148 valence electrons. The van der Waals surface area contributed by atoms with Gasteiger partial charge in [-0.25, -0.2) is 4.98 Å². The lowest BCUT2D eigenvalue weighted by Gasteiger charge is -2.18. The number of fused-ring (bicyclic) bond motifs is 1. The van der Waals surface area contributed by atoms with Gasteiger partial charge in [0.25, 0.3) is 0 Å². The fourth-order valence-electron chi connectivity index (χ4n) is 2.90. The average molecular weight is 387 g/mol. The number of nitrogens with zero attached hydrogens (tertiary/aromatic N) is 3. The summed E-state index contributed by atoms with van der Waals surface area (Å²) in [6, 6.07) is 27.2. The molecule has 0 saturated carbocycles. The smallest absolute Gasteiger partial charge is 0.246 e. The van der Waals surface area contributed by atoms with E-state index in [2.05, 4.69) is 10.3 Å². The predicted molar refractivity (Wildman–Crippen MR) is 120 cm³/mol. The Bertz CT molecular complexity index is 1060. The molecule has 6 nitrogen and oxygen atoms in total. The van der Waals surface area contributed by atoms with Gasteiger partial charge in [-0.1, -0.05) is 48.5 Å². The zero-order valence-corrected chi connectivity index (χ0v) is 16.6. The molecule has 0 atom stereocenters. The lowest BCUT2D eigenvalue weighted by molar-refractivity contribution is -0.118. The number of nitrogens with two attached hydrogens (primary N) is 1. The third-order valence-corrected chi connectivity index (χ3v) is 4.56. The highest BCUT2D eigenvalue weighted by molar-refractivity contribution is 5.94. The van der Waals surface area contributed by atoms with Crippen molar-refractivity contribution in [3.05, 3.63) is 84.9 Å². The molecule has 4 aromatic rings. The van der Waals surface area contributed by atoms with Crippen molar-refractivity contribution in [3.8, 4) is 0 Å². The van der Waals surface area contributed by atoms with E-state index in [1.165, 1.54) is 0 Å². The van der Waals surface area contributed by atoms with Gasteiger partial charge in [-0.15, -0.1) is 0 Å². The molecule has 0 aliphatic heterocycles. The number of likely N-dealkylation sites (N-methyl/N-ethyl adjacent to an activating group) is 1. The third-order valence-electron chi connectivity index (χ3n) is 4.56. The molecule has 1 amide bonds. The summed E-state index contributed by atoms with van der Waals surface area (Å²) in [5.41, 5.74) is 9.60. The van der Waals surface area contributed by atoms with Crippen molar-refractivity contribution in [3.63, 3.8) is 0 Å². The van der Waals surface area contributed by atoms with Crippen molar-refractivity contribution >= 4 is 34.3 Å². The number of carbonyl (C=O) groups is 1. The number of anilines is 3. The van der Waals surface area contributed by atoms with Crippen LogP contribution in [0.4, 0.5) is 17.3 Å². The molecule has 0 fully saturated rings. The second-order valence-electron chi connectivity index (χ2n) is 6.45. The Hall–Kier alpha value is -3.80. The van der Waals surface area contributed by atoms with Gasteiger partial charge in [-0.3, -0.25) is 4.79 Å². The average Bonchev–Trinajstić information content (AvgIpc) is 3.10. The first kappa shape index (κ1) is 19.9. The first-order chi connectivity index (χ1) is 14.1. The minimum Gasteiger partial charge on any atom is -0.388 e. The standard InChI is InChI=1S/C16H16N4O.C7H9N/c1-19(12-7-3-2-4-8-12)15(21)11-20-14-10-6-5-9-13(14)18-16(20)17;1-8-7-5-3-2-4-6-7/h2-10H,11H2,1H3,(H2,17,18);2-6,8H,1H3. The van der Waals surface area contributed by atoms with E-state index in [1.54, 1.807) is 16.5 Å². The van der Waals surface area contributed by atoms with Crippen LogP contribution in [0, 0.1) is 0 Å². The number of hydrogen-bond donors (Lipinski definition) is 2. The molecule has 0 radical (unpaired) electrons. The first-order valence-electron chi connectivity index (χ1n) is 9.35. The quantitative estimate of drug-likeness (QED) is 0.555. The zero-order valence-electron chi connectivity index (χ0n) is 16.6. The van der Waals surface area contributed by atoms with Crippen LogP contribution in [0.15, 0.2) is 84.9 Å². The van der Waals surface area contributed by atoms with Gasteiger partial charge >= 0.3 is 0 Å².